The molecule has 1 rings (SSSR count). The summed E-state index contributed by atoms with van der Waals surface area (Å²) in [5.41, 5.74) is 1.04. The Balaban J connectivity index is 2.92. The zero-order chi connectivity index (χ0) is 10.4. The van der Waals surface area contributed by atoms with Crippen LogP contribution in [0.5, 0.6) is 5.75 Å². The van der Waals surface area contributed by atoms with E-state index in [0.29, 0.717) is 6.42 Å². The van der Waals surface area contributed by atoms with Crippen molar-refractivity contribution in [1.82, 2.24) is 0 Å². The van der Waals surface area contributed by atoms with Gasteiger partial charge >= 0.3 is 0 Å². The van der Waals surface area contributed by atoms with Gasteiger partial charge in [-0.25, -0.2) is 0 Å². The Labute approximate surface area is 82.1 Å². The first-order chi connectivity index (χ1) is 6.77. The van der Waals surface area contributed by atoms with Crippen LogP contribution in [-0.4, -0.2) is 5.11 Å². The van der Waals surface area contributed by atoms with E-state index >= 15 is 0 Å². The highest BCUT2D eigenvalue weighted by Crippen LogP contribution is 2.17. The van der Waals surface area contributed by atoms with Crippen molar-refractivity contribution in [3.8, 4) is 17.9 Å². The highest BCUT2D eigenvalue weighted by molar-refractivity contribution is 5.56. The summed E-state index contributed by atoms with van der Waals surface area (Å²) in [7, 11) is 0. The molecule has 14 heavy (non-hydrogen) atoms. The van der Waals surface area contributed by atoms with E-state index in [1.165, 1.54) is 6.07 Å². The minimum Gasteiger partial charge on any atom is -0.507 e. The minimum atomic E-state index is -0.0232. The van der Waals surface area contributed by atoms with Crippen molar-refractivity contribution in [1.29, 1.82) is 10.5 Å². The number of allylic oxidation sites excluding steroid dienone is 1. The van der Waals surface area contributed by atoms with E-state index in [1.807, 2.05) is 12.1 Å². The number of rotatable bonds is 2. The van der Waals surface area contributed by atoms with Crippen molar-refractivity contribution in [2.24, 2.45) is 0 Å². The Morgan fingerprint density at radius 1 is 1.36 bits per heavy atom. The molecule has 68 valence electrons. The summed E-state index contributed by atoms with van der Waals surface area (Å²) in [4.78, 5) is 0. The molecule has 0 amide bonds. The van der Waals surface area contributed by atoms with E-state index < -0.39 is 0 Å². The van der Waals surface area contributed by atoms with Crippen molar-refractivity contribution < 1.29 is 5.11 Å². The molecule has 0 fully saturated rings. The lowest BCUT2D eigenvalue weighted by atomic mass is 10.1. The van der Waals surface area contributed by atoms with E-state index in [0.717, 1.165) is 5.56 Å². The first-order valence-corrected chi connectivity index (χ1v) is 4.04. The molecule has 0 aliphatic rings. The Morgan fingerprint density at radius 3 is 2.79 bits per heavy atom. The van der Waals surface area contributed by atoms with Crippen LogP contribution < -0.4 is 0 Å². The molecular weight excluding hydrogens is 176 g/mol. The molecule has 0 aromatic heterocycles. The molecule has 0 spiro atoms. The summed E-state index contributed by atoms with van der Waals surface area (Å²) < 4.78 is 0. The molecule has 0 aliphatic heterocycles. The zero-order valence-corrected chi connectivity index (χ0v) is 7.44. The normalized spacial score (nSPS) is 9.57. The molecule has 0 aliphatic carbocycles. The van der Waals surface area contributed by atoms with Gasteiger partial charge in [-0.2, -0.15) is 10.5 Å². The first kappa shape index (κ1) is 9.83. The Bertz CT molecular complexity index is 436. The SMILES string of the molecule is N#CCC=Cc1ccc(O)c(C#N)c1. The van der Waals surface area contributed by atoms with Gasteiger partial charge in [0.25, 0.3) is 0 Å². The third-order valence-corrected chi connectivity index (χ3v) is 1.66. The fourth-order valence-corrected chi connectivity index (χ4v) is 0.995. The van der Waals surface area contributed by atoms with Gasteiger partial charge in [-0.15, -0.1) is 0 Å². The van der Waals surface area contributed by atoms with Crippen LogP contribution in [0.3, 0.4) is 0 Å². The maximum Gasteiger partial charge on any atom is 0.133 e. The molecule has 3 nitrogen and oxygen atoms in total. The van der Waals surface area contributed by atoms with Gasteiger partial charge in [-0.3, -0.25) is 0 Å². The Kier molecular flexibility index (Phi) is 3.29. The molecule has 0 radical (unpaired) electrons. The van der Waals surface area contributed by atoms with E-state index in [1.54, 1.807) is 24.3 Å². The van der Waals surface area contributed by atoms with Crippen LogP contribution in [-0.2, 0) is 0 Å². The molecule has 0 atom stereocenters. The average molecular weight is 184 g/mol. The Hall–Kier alpha value is -2.26. The van der Waals surface area contributed by atoms with E-state index in [2.05, 4.69) is 0 Å². The molecule has 0 bridgehead atoms. The van der Waals surface area contributed by atoms with Gasteiger partial charge < -0.3 is 5.11 Å². The van der Waals surface area contributed by atoms with Crippen LogP contribution in [0.2, 0.25) is 0 Å². The maximum absolute atomic E-state index is 9.21. The van der Waals surface area contributed by atoms with E-state index in [-0.39, 0.29) is 11.3 Å². The Morgan fingerprint density at radius 2 is 2.14 bits per heavy atom. The van der Waals surface area contributed by atoms with Crippen molar-refractivity contribution in [3.05, 3.63) is 35.4 Å². The first-order valence-electron chi connectivity index (χ1n) is 4.04. The van der Waals surface area contributed by atoms with Crippen LogP contribution in [0, 0.1) is 22.7 Å². The number of hydrogen-bond acceptors (Lipinski definition) is 3. The molecule has 3 heteroatoms. The number of aromatic hydroxyl groups is 1. The summed E-state index contributed by atoms with van der Waals surface area (Å²) in [5.74, 6) is -0.0232. The fraction of sp³-hybridized carbons (Fsp3) is 0.0909. The van der Waals surface area contributed by atoms with Gasteiger partial charge in [0.1, 0.15) is 11.8 Å². The molecule has 1 aromatic carbocycles. The number of benzene rings is 1. The minimum absolute atomic E-state index is 0.0232. The topological polar surface area (TPSA) is 67.8 Å². The molecule has 0 heterocycles. The summed E-state index contributed by atoms with van der Waals surface area (Å²) in [6.07, 6.45) is 3.78. The lowest BCUT2D eigenvalue weighted by Crippen LogP contribution is -1.78. The molecular formula is C11H8N2O. The molecule has 0 unspecified atom stereocenters. The molecule has 1 aromatic rings. The van der Waals surface area contributed by atoms with Crippen LogP contribution in [0.4, 0.5) is 0 Å². The second-order valence-corrected chi connectivity index (χ2v) is 2.65. The summed E-state index contributed by atoms with van der Waals surface area (Å²) in [6, 6.07) is 8.57. The van der Waals surface area contributed by atoms with Gasteiger partial charge in [-0.1, -0.05) is 18.2 Å². The lowest BCUT2D eigenvalue weighted by Gasteiger charge is -1.96. The number of phenols is 1. The van der Waals surface area contributed by atoms with Crippen molar-refractivity contribution in [3.63, 3.8) is 0 Å². The lowest BCUT2D eigenvalue weighted by molar-refractivity contribution is 0.473. The summed E-state index contributed by atoms with van der Waals surface area (Å²) >= 11 is 0. The van der Waals surface area contributed by atoms with Gasteiger partial charge in [0, 0.05) is 0 Å². The number of nitriles is 2. The summed E-state index contributed by atoms with van der Waals surface area (Å²) in [6.45, 7) is 0. The van der Waals surface area contributed by atoms with Crippen LogP contribution in [0.25, 0.3) is 6.08 Å². The number of nitrogens with zero attached hydrogens (tertiary/aromatic N) is 2. The fourth-order valence-electron chi connectivity index (χ4n) is 0.995. The van der Waals surface area contributed by atoms with Gasteiger partial charge in [0.15, 0.2) is 0 Å². The zero-order valence-electron chi connectivity index (χ0n) is 7.44. The van der Waals surface area contributed by atoms with E-state index in [4.69, 9.17) is 10.5 Å². The average Bonchev–Trinajstić information content (AvgIpc) is 2.21. The van der Waals surface area contributed by atoms with Crippen LogP contribution >= 0.6 is 0 Å². The molecule has 0 saturated carbocycles. The standard InChI is InChI=1S/C11H8N2O/c12-6-2-1-3-9-4-5-11(14)10(7-9)8-13/h1,3-5,7,14H,2H2. The van der Waals surface area contributed by atoms with Crippen LogP contribution in [0.15, 0.2) is 24.3 Å². The van der Waals surface area contributed by atoms with Crippen molar-refractivity contribution in [2.75, 3.05) is 0 Å². The predicted molar refractivity (Wildman–Crippen MR) is 52.1 cm³/mol. The second-order valence-electron chi connectivity index (χ2n) is 2.65. The van der Waals surface area contributed by atoms with Crippen LogP contribution in [0.1, 0.15) is 17.5 Å². The smallest absolute Gasteiger partial charge is 0.133 e. The second kappa shape index (κ2) is 4.69. The number of hydrogen-bond donors (Lipinski definition) is 1. The van der Waals surface area contributed by atoms with Gasteiger partial charge in [-0.05, 0) is 17.7 Å². The predicted octanol–water partition coefficient (Wildman–Crippen LogP) is 2.19. The number of phenolic OH excluding ortho intramolecular Hbond substituents is 1. The van der Waals surface area contributed by atoms with E-state index in [9.17, 15) is 5.11 Å². The monoisotopic (exact) mass is 184 g/mol. The van der Waals surface area contributed by atoms with Gasteiger partial charge in [0.05, 0.1) is 18.1 Å². The molecule has 0 saturated heterocycles. The largest absolute Gasteiger partial charge is 0.507 e. The highest BCUT2D eigenvalue weighted by atomic mass is 16.3. The highest BCUT2D eigenvalue weighted by Gasteiger charge is 1.98. The maximum atomic E-state index is 9.21. The van der Waals surface area contributed by atoms with Gasteiger partial charge in [0.2, 0.25) is 0 Å². The third-order valence-electron chi connectivity index (χ3n) is 1.66. The third kappa shape index (κ3) is 2.36. The quantitative estimate of drug-likeness (QED) is 0.765. The van der Waals surface area contributed by atoms with Crippen molar-refractivity contribution in [2.45, 2.75) is 6.42 Å². The summed E-state index contributed by atoms with van der Waals surface area (Å²) in [5, 5.41) is 26.1. The van der Waals surface area contributed by atoms with Crippen molar-refractivity contribution >= 4 is 6.08 Å². The molecule has 1 N–H and O–H groups in total.